The van der Waals surface area contributed by atoms with E-state index in [1.165, 1.54) is 0 Å². The van der Waals surface area contributed by atoms with Crippen LogP contribution >= 0.6 is 0 Å². The lowest BCUT2D eigenvalue weighted by Gasteiger charge is -2.21. The Morgan fingerprint density at radius 2 is 1.57 bits per heavy atom. The first-order chi connectivity index (χ1) is 17.2. The maximum Gasteiger partial charge on any atom is 0.252 e. The first-order valence-electron chi connectivity index (χ1n) is 12.0. The number of benzene rings is 3. The van der Waals surface area contributed by atoms with E-state index in [-0.39, 0.29) is 11.9 Å². The van der Waals surface area contributed by atoms with Crippen molar-refractivity contribution in [3.8, 4) is 11.3 Å². The Morgan fingerprint density at radius 3 is 2.29 bits per heavy atom. The molecule has 3 aromatic carbocycles. The SMILES string of the molecule is CCC(NC(=O)c1c(Cc2cccnc2)c(-c2ccccc2)nc2ccccc12)c1ccccc1. The number of nitrogens with zero attached hydrogens (tertiary/aromatic N) is 2. The average Bonchev–Trinajstić information content (AvgIpc) is 2.92. The Labute approximate surface area is 205 Å². The van der Waals surface area contributed by atoms with Gasteiger partial charge in [0.05, 0.1) is 22.8 Å². The van der Waals surface area contributed by atoms with Gasteiger partial charge in [-0.3, -0.25) is 9.78 Å². The third-order valence-electron chi connectivity index (χ3n) is 6.29. The van der Waals surface area contributed by atoms with Gasteiger partial charge in [-0.05, 0) is 35.2 Å². The number of pyridine rings is 2. The molecule has 5 aromatic rings. The zero-order valence-electron chi connectivity index (χ0n) is 19.7. The summed E-state index contributed by atoms with van der Waals surface area (Å²) in [5.41, 5.74) is 6.33. The second-order valence-corrected chi connectivity index (χ2v) is 8.58. The molecule has 35 heavy (non-hydrogen) atoms. The standard InChI is InChI=1S/C31H27N3O/c1-2-27(23-13-5-3-6-14-23)34-31(35)29-25-17-9-10-18-28(25)33-30(24-15-7-4-8-16-24)26(29)20-22-12-11-19-32-21-22/h3-19,21,27H,2,20H2,1H3,(H,34,35). The van der Waals surface area contributed by atoms with E-state index in [1.807, 2.05) is 91.1 Å². The number of rotatable bonds is 7. The second-order valence-electron chi connectivity index (χ2n) is 8.58. The van der Waals surface area contributed by atoms with E-state index in [1.54, 1.807) is 6.20 Å². The molecule has 0 aliphatic heterocycles. The number of para-hydroxylation sites is 1. The minimum atomic E-state index is -0.0876. The van der Waals surface area contributed by atoms with Gasteiger partial charge in [0, 0.05) is 29.8 Å². The first kappa shape index (κ1) is 22.5. The number of nitrogens with one attached hydrogen (secondary N) is 1. The fraction of sp³-hybridized carbons (Fsp3) is 0.129. The summed E-state index contributed by atoms with van der Waals surface area (Å²) < 4.78 is 0. The molecule has 0 fully saturated rings. The van der Waals surface area contributed by atoms with Crippen LogP contribution in [-0.2, 0) is 6.42 Å². The normalized spacial score (nSPS) is 11.8. The molecule has 0 aliphatic carbocycles. The summed E-state index contributed by atoms with van der Waals surface area (Å²) in [4.78, 5) is 23.4. The number of hydrogen-bond donors (Lipinski definition) is 1. The van der Waals surface area contributed by atoms with Gasteiger partial charge in [-0.25, -0.2) is 4.98 Å². The minimum absolute atomic E-state index is 0.0814. The van der Waals surface area contributed by atoms with Crippen LogP contribution in [-0.4, -0.2) is 15.9 Å². The molecule has 2 heterocycles. The molecule has 1 atom stereocenters. The largest absolute Gasteiger partial charge is 0.345 e. The summed E-state index contributed by atoms with van der Waals surface area (Å²) in [6.07, 6.45) is 4.97. The van der Waals surface area contributed by atoms with Crippen LogP contribution in [0.3, 0.4) is 0 Å². The highest BCUT2D eigenvalue weighted by atomic mass is 16.1. The van der Waals surface area contributed by atoms with Crippen LogP contribution in [0.5, 0.6) is 0 Å². The average molecular weight is 458 g/mol. The molecule has 2 aromatic heterocycles. The Hall–Kier alpha value is -4.31. The van der Waals surface area contributed by atoms with Crippen LogP contribution in [0.4, 0.5) is 0 Å². The predicted octanol–water partition coefficient (Wildman–Crippen LogP) is 6.77. The summed E-state index contributed by atoms with van der Waals surface area (Å²) in [5, 5.41) is 4.17. The summed E-state index contributed by atoms with van der Waals surface area (Å²) >= 11 is 0. The van der Waals surface area contributed by atoms with Gasteiger partial charge in [-0.2, -0.15) is 0 Å². The summed E-state index contributed by atoms with van der Waals surface area (Å²) in [6, 6.07) is 32.0. The maximum atomic E-state index is 14.0. The van der Waals surface area contributed by atoms with Crippen LogP contribution in [0.15, 0.2) is 109 Å². The summed E-state index contributed by atoms with van der Waals surface area (Å²) in [6.45, 7) is 2.09. The van der Waals surface area contributed by atoms with Crippen molar-refractivity contribution in [2.75, 3.05) is 0 Å². The molecule has 172 valence electrons. The van der Waals surface area contributed by atoms with Gasteiger partial charge in [0.2, 0.25) is 0 Å². The van der Waals surface area contributed by atoms with Crippen LogP contribution in [0.2, 0.25) is 0 Å². The van der Waals surface area contributed by atoms with Gasteiger partial charge in [0.1, 0.15) is 0 Å². The summed E-state index contributed by atoms with van der Waals surface area (Å²) in [7, 11) is 0. The van der Waals surface area contributed by atoms with Crippen molar-refractivity contribution in [1.29, 1.82) is 0 Å². The van der Waals surface area contributed by atoms with E-state index in [0.29, 0.717) is 12.0 Å². The highest BCUT2D eigenvalue weighted by molar-refractivity contribution is 6.09. The monoisotopic (exact) mass is 457 g/mol. The van der Waals surface area contributed by atoms with Crippen molar-refractivity contribution in [3.05, 3.63) is 132 Å². The second kappa shape index (κ2) is 10.3. The first-order valence-corrected chi connectivity index (χ1v) is 12.0. The lowest BCUT2D eigenvalue weighted by Crippen LogP contribution is -2.29. The Kier molecular flexibility index (Phi) is 6.62. The number of hydrogen-bond acceptors (Lipinski definition) is 3. The van der Waals surface area contributed by atoms with Crippen molar-refractivity contribution < 1.29 is 4.79 Å². The van der Waals surface area contributed by atoms with E-state index in [9.17, 15) is 4.79 Å². The molecule has 0 saturated carbocycles. The highest BCUT2D eigenvalue weighted by Gasteiger charge is 2.24. The molecule has 4 nitrogen and oxygen atoms in total. The molecular weight excluding hydrogens is 430 g/mol. The van der Waals surface area contributed by atoms with Crippen molar-refractivity contribution in [1.82, 2.24) is 15.3 Å². The van der Waals surface area contributed by atoms with Crippen LogP contribution in [0, 0.1) is 0 Å². The molecule has 0 radical (unpaired) electrons. The van der Waals surface area contributed by atoms with Crippen LogP contribution in [0.25, 0.3) is 22.2 Å². The topological polar surface area (TPSA) is 54.9 Å². The van der Waals surface area contributed by atoms with Gasteiger partial charge in [-0.1, -0.05) is 91.9 Å². The summed E-state index contributed by atoms with van der Waals surface area (Å²) in [5.74, 6) is -0.0876. The fourth-order valence-electron chi connectivity index (χ4n) is 4.56. The Balaban J connectivity index is 1.70. The van der Waals surface area contributed by atoms with Gasteiger partial charge in [-0.15, -0.1) is 0 Å². The smallest absolute Gasteiger partial charge is 0.252 e. The van der Waals surface area contributed by atoms with E-state index >= 15 is 0 Å². The van der Waals surface area contributed by atoms with Crippen molar-refractivity contribution in [2.24, 2.45) is 0 Å². The molecule has 5 rings (SSSR count). The number of aromatic nitrogens is 2. The number of carbonyl (C=O) groups is 1. The zero-order chi connectivity index (χ0) is 24.0. The molecule has 0 bridgehead atoms. The fourth-order valence-corrected chi connectivity index (χ4v) is 4.56. The molecular formula is C31H27N3O. The quantitative estimate of drug-likeness (QED) is 0.293. The molecule has 1 N–H and O–H groups in total. The van der Waals surface area contributed by atoms with Gasteiger partial charge >= 0.3 is 0 Å². The van der Waals surface area contributed by atoms with Gasteiger partial charge in [0.15, 0.2) is 0 Å². The van der Waals surface area contributed by atoms with E-state index < -0.39 is 0 Å². The van der Waals surface area contributed by atoms with Crippen LogP contribution < -0.4 is 5.32 Å². The predicted molar refractivity (Wildman–Crippen MR) is 141 cm³/mol. The molecule has 1 unspecified atom stereocenters. The van der Waals surface area contributed by atoms with Crippen molar-refractivity contribution >= 4 is 16.8 Å². The lowest BCUT2D eigenvalue weighted by molar-refractivity contribution is 0.0936. The van der Waals surface area contributed by atoms with E-state index in [2.05, 4.69) is 29.4 Å². The molecule has 0 spiro atoms. The van der Waals surface area contributed by atoms with E-state index in [0.717, 1.165) is 45.3 Å². The number of carbonyl (C=O) groups excluding carboxylic acids is 1. The van der Waals surface area contributed by atoms with Gasteiger partial charge < -0.3 is 5.32 Å². The zero-order valence-corrected chi connectivity index (χ0v) is 19.7. The number of amides is 1. The maximum absolute atomic E-state index is 14.0. The highest BCUT2D eigenvalue weighted by Crippen LogP contribution is 2.32. The van der Waals surface area contributed by atoms with Crippen molar-refractivity contribution in [2.45, 2.75) is 25.8 Å². The lowest BCUT2D eigenvalue weighted by atomic mass is 9.91. The van der Waals surface area contributed by atoms with Crippen LogP contribution in [0.1, 0.15) is 46.4 Å². The Morgan fingerprint density at radius 1 is 0.857 bits per heavy atom. The third kappa shape index (κ3) is 4.82. The van der Waals surface area contributed by atoms with Gasteiger partial charge in [0.25, 0.3) is 5.91 Å². The molecule has 4 heteroatoms. The molecule has 0 saturated heterocycles. The third-order valence-corrected chi connectivity index (χ3v) is 6.29. The number of fused-ring (bicyclic) bond motifs is 1. The van der Waals surface area contributed by atoms with E-state index in [4.69, 9.17) is 4.98 Å². The molecule has 1 amide bonds. The van der Waals surface area contributed by atoms with Crippen molar-refractivity contribution in [3.63, 3.8) is 0 Å². The minimum Gasteiger partial charge on any atom is -0.345 e. The molecule has 0 aliphatic rings. The Bertz CT molecular complexity index is 1430.